The number of carbonyl (C=O) groups excluding carboxylic acids is 1. The van der Waals surface area contributed by atoms with Crippen molar-refractivity contribution in [1.82, 2.24) is 5.32 Å². The van der Waals surface area contributed by atoms with E-state index in [-0.39, 0.29) is 11.9 Å². The van der Waals surface area contributed by atoms with Crippen molar-refractivity contribution in [2.24, 2.45) is 0 Å². The first-order valence-corrected chi connectivity index (χ1v) is 5.98. The number of hydrogen-bond acceptors (Lipinski definition) is 3. The zero-order chi connectivity index (χ0) is 12.1. The van der Waals surface area contributed by atoms with Crippen molar-refractivity contribution in [3.63, 3.8) is 0 Å². The molecule has 2 rings (SSSR count). The molecule has 1 aromatic rings. The number of methoxy groups -OCH3 is 1. The molecule has 1 aromatic carbocycles. The lowest BCUT2D eigenvalue weighted by atomic mass is 10.0. The van der Waals surface area contributed by atoms with Crippen LogP contribution in [0.3, 0.4) is 0 Å². The lowest BCUT2D eigenvalue weighted by Gasteiger charge is -2.22. The fourth-order valence-corrected chi connectivity index (χ4v) is 2.01. The summed E-state index contributed by atoms with van der Waals surface area (Å²) in [6.45, 7) is 0.927. The van der Waals surface area contributed by atoms with Crippen LogP contribution in [0.4, 0.5) is 5.69 Å². The Kier molecular flexibility index (Phi) is 3.98. The fraction of sp³-hybridized carbons (Fsp3) is 0.462. The Balaban J connectivity index is 1.96. The molecular weight excluding hydrogens is 216 g/mol. The van der Waals surface area contributed by atoms with Crippen LogP contribution in [-0.4, -0.2) is 25.6 Å². The first kappa shape index (κ1) is 11.9. The first-order valence-electron chi connectivity index (χ1n) is 5.98. The smallest absolute Gasteiger partial charge is 0.241 e. The Morgan fingerprint density at radius 3 is 3.06 bits per heavy atom. The van der Waals surface area contributed by atoms with Gasteiger partial charge in [-0.25, -0.2) is 0 Å². The highest BCUT2D eigenvalue weighted by molar-refractivity contribution is 5.95. The van der Waals surface area contributed by atoms with Crippen LogP contribution in [0.25, 0.3) is 0 Å². The predicted molar refractivity (Wildman–Crippen MR) is 67.3 cm³/mol. The van der Waals surface area contributed by atoms with Gasteiger partial charge in [0.2, 0.25) is 5.91 Å². The number of amides is 1. The summed E-state index contributed by atoms with van der Waals surface area (Å²) in [6, 6.07) is 7.34. The van der Waals surface area contributed by atoms with Gasteiger partial charge in [-0.3, -0.25) is 4.79 Å². The Morgan fingerprint density at radius 1 is 1.47 bits per heavy atom. The van der Waals surface area contributed by atoms with Crippen LogP contribution < -0.4 is 15.4 Å². The van der Waals surface area contributed by atoms with E-state index in [0.29, 0.717) is 0 Å². The SMILES string of the molecule is COc1cccc(NC(=O)[C@H]2CCCCN2)c1. The molecule has 0 aromatic heterocycles. The lowest BCUT2D eigenvalue weighted by molar-refractivity contribution is -0.118. The van der Waals surface area contributed by atoms with Gasteiger partial charge >= 0.3 is 0 Å². The second-order valence-corrected chi connectivity index (χ2v) is 4.22. The van der Waals surface area contributed by atoms with Crippen molar-refractivity contribution in [2.45, 2.75) is 25.3 Å². The summed E-state index contributed by atoms with van der Waals surface area (Å²) in [5, 5.41) is 6.13. The van der Waals surface area contributed by atoms with Gasteiger partial charge in [-0.05, 0) is 31.5 Å². The van der Waals surface area contributed by atoms with Gasteiger partial charge in [-0.15, -0.1) is 0 Å². The summed E-state index contributed by atoms with van der Waals surface area (Å²) >= 11 is 0. The van der Waals surface area contributed by atoms with Crippen LogP contribution in [0, 0.1) is 0 Å². The van der Waals surface area contributed by atoms with Gasteiger partial charge in [0.15, 0.2) is 0 Å². The summed E-state index contributed by atoms with van der Waals surface area (Å²) in [6.07, 6.45) is 3.18. The largest absolute Gasteiger partial charge is 0.497 e. The number of carbonyl (C=O) groups is 1. The second kappa shape index (κ2) is 5.68. The third-order valence-electron chi connectivity index (χ3n) is 2.96. The molecule has 0 bridgehead atoms. The Morgan fingerprint density at radius 2 is 2.35 bits per heavy atom. The van der Waals surface area contributed by atoms with E-state index in [9.17, 15) is 4.79 Å². The van der Waals surface area contributed by atoms with Gasteiger partial charge in [0.25, 0.3) is 0 Å². The van der Waals surface area contributed by atoms with Gasteiger partial charge in [-0.2, -0.15) is 0 Å². The highest BCUT2D eigenvalue weighted by Crippen LogP contribution is 2.17. The summed E-state index contributed by atoms with van der Waals surface area (Å²) in [4.78, 5) is 12.0. The number of hydrogen-bond donors (Lipinski definition) is 2. The molecule has 1 heterocycles. The normalized spacial score (nSPS) is 19.7. The summed E-state index contributed by atoms with van der Waals surface area (Å²) in [5.74, 6) is 0.789. The Bertz CT molecular complexity index is 387. The average molecular weight is 234 g/mol. The van der Waals surface area contributed by atoms with Crippen LogP contribution >= 0.6 is 0 Å². The minimum atomic E-state index is -0.0602. The van der Waals surface area contributed by atoms with E-state index in [1.807, 2.05) is 24.3 Å². The highest BCUT2D eigenvalue weighted by atomic mass is 16.5. The van der Waals surface area contributed by atoms with E-state index in [4.69, 9.17) is 4.74 Å². The molecule has 0 unspecified atom stereocenters. The maximum Gasteiger partial charge on any atom is 0.241 e. The third kappa shape index (κ3) is 3.20. The van der Waals surface area contributed by atoms with Crippen LogP contribution in [-0.2, 0) is 4.79 Å². The van der Waals surface area contributed by atoms with Crippen LogP contribution in [0.15, 0.2) is 24.3 Å². The van der Waals surface area contributed by atoms with Crippen LogP contribution in [0.1, 0.15) is 19.3 Å². The average Bonchev–Trinajstić information content (AvgIpc) is 2.40. The third-order valence-corrected chi connectivity index (χ3v) is 2.96. The molecule has 92 valence electrons. The van der Waals surface area contributed by atoms with Gasteiger partial charge in [0, 0.05) is 11.8 Å². The summed E-state index contributed by atoms with van der Waals surface area (Å²) < 4.78 is 5.11. The molecule has 0 aliphatic carbocycles. The quantitative estimate of drug-likeness (QED) is 0.838. The maximum absolute atomic E-state index is 12.0. The van der Waals surface area contributed by atoms with Gasteiger partial charge in [-0.1, -0.05) is 12.5 Å². The number of ether oxygens (including phenoxy) is 1. The van der Waals surface area contributed by atoms with E-state index < -0.39 is 0 Å². The topological polar surface area (TPSA) is 50.4 Å². The van der Waals surface area contributed by atoms with E-state index in [0.717, 1.165) is 37.2 Å². The fourth-order valence-electron chi connectivity index (χ4n) is 2.01. The minimum absolute atomic E-state index is 0.0398. The molecule has 4 nitrogen and oxygen atoms in total. The predicted octanol–water partition coefficient (Wildman–Crippen LogP) is 1.78. The molecule has 1 aliphatic rings. The van der Waals surface area contributed by atoms with E-state index in [1.54, 1.807) is 7.11 Å². The van der Waals surface area contributed by atoms with Crippen molar-refractivity contribution < 1.29 is 9.53 Å². The van der Waals surface area contributed by atoms with E-state index in [1.165, 1.54) is 0 Å². The molecule has 1 amide bonds. The molecular formula is C13H18N2O2. The van der Waals surface area contributed by atoms with Crippen molar-refractivity contribution in [2.75, 3.05) is 19.0 Å². The highest BCUT2D eigenvalue weighted by Gasteiger charge is 2.20. The van der Waals surface area contributed by atoms with Crippen molar-refractivity contribution in [1.29, 1.82) is 0 Å². The maximum atomic E-state index is 12.0. The van der Waals surface area contributed by atoms with Crippen LogP contribution in [0.2, 0.25) is 0 Å². The molecule has 1 fully saturated rings. The molecule has 0 radical (unpaired) electrons. The standard InChI is InChI=1S/C13H18N2O2/c1-17-11-6-4-5-10(9-11)15-13(16)12-7-2-3-8-14-12/h4-6,9,12,14H,2-3,7-8H2,1H3,(H,15,16)/t12-/m1/s1. The second-order valence-electron chi connectivity index (χ2n) is 4.22. The van der Waals surface area contributed by atoms with Crippen molar-refractivity contribution in [3.8, 4) is 5.75 Å². The summed E-state index contributed by atoms with van der Waals surface area (Å²) in [5.41, 5.74) is 0.779. The molecule has 1 aliphatic heterocycles. The number of piperidine rings is 1. The lowest BCUT2D eigenvalue weighted by Crippen LogP contribution is -2.43. The molecule has 1 atom stereocenters. The van der Waals surface area contributed by atoms with E-state index in [2.05, 4.69) is 10.6 Å². The number of benzene rings is 1. The monoisotopic (exact) mass is 234 g/mol. The first-order chi connectivity index (χ1) is 8.29. The van der Waals surface area contributed by atoms with Gasteiger partial charge < -0.3 is 15.4 Å². The molecule has 4 heteroatoms. The minimum Gasteiger partial charge on any atom is -0.497 e. The Hall–Kier alpha value is -1.55. The summed E-state index contributed by atoms with van der Waals surface area (Å²) in [7, 11) is 1.61. The molecule has 17 heavy (non-hydrogen) atoms. The van der Waals surface area contributed by atoms with Crippen molar-refractivity contribution in [3.05, 3.63) is 24.3 Å². The van der Waals surface area contributed by atoms with E-state index >= 15 is 0 Å². The molecule has 1 saturated heterocycles. The zero-order valence-electron chi connectivity index (χ0n) is 10.0. The number of anilines is 1. The molecule has 0 saturated carbocycles. The van der Waals surface area contributed by atoms with Crippen molar-refractivity contribution >= 4 is 11.6 Å². The molecule has 0 spiro atoms. The van der Waals surface area contributed by atoms with Gasteiger partial charge in [0.1, 0.15) is 5.75 Å². The molecule has 2 N–H and O–H groups in total. The van der Waals surface area contributed by atoms with Crippen LogP contribution in [0.5, 0.6) is 5.75 Å². The Labute approximate surface area is 101 Å². The number of nitrogens with one attached hydrogen (secondary N) is 2. The zero-order valence-corrected chi connectivity index (χ0v) is 10.0. The number of rotatable bonds is 3. The van der Waals surface area contributed by atoms with Gasteiger partial charge in [0.05, 0.1) is 13.2 Å².